The molecule has 0 bridgehead atoms. The molecule has 56 heavy (non-hydrogen) atoms. The number of methoxy groups -OCH3 is 1. The average molecular weight is 952 g/mol. The number of hydrogen-bond donors (Lipinski definition) is 3. The van der Waals surface area contributed by atoms with Gasteiger partial charge in [0.1, 0.15) is 0 Å². The first kappa shape index (κ1) is 40.9. The van der Waals surface area contributed by atoms with Crippen LogP contribution in [0.1, 0.15) is 63.5 Å². The molecule has 0 unspecified atom stereocenters. The van der Waals surface area contributed by atoms with E-state index in [1.165, 1.54) is 18.1 Å². The molecule has 1 saturated heterocycles. The number of aromatic nitrogens is 2. The third kappa shape index (κ3) is 8.47. The first-order chi connectivity index (χ1) is 26.6. The van der Waals surface area contributed by atoms with Crippen LogP contribution < -0.4 is 44.5 Å². The number of sulfonamides is 1. The second kappa shape index (κ2) is 16.2. The number of nitrogens with zero attached hydrogens (tertiary/aromatic N) is 3. The van der Waals surface area contributed by atoms with Gasteiger partial charge in [-0.25, -0.2) is 0 Å². The van der Waals surface area contributed by atoms with E-state index in [0.717, 1.165) is 42.4 Å². The number of nitrogens with one attached hydrogen (secondary N) is 3. The molecular formula is C36H40ClF3IN6O7S2-. The van der Waals surface area contributed by atoms with Gasteiger partial charge < -0.3 is 4.74 Å². The molecule has 2 saturated carbocycles. The van der Waals surface area contributed by atoms with Crippen LogP contribution in [0.15, 0.2) is 35.7 Å². The van der Waals surface area contributed by atoms with Crippen molar-refractivity contribution in [2.45, 2.75) is 92.9 Å². The summed E-state index contributed by atoms with van der Waals surface area (Å²) in [4.78, 5) is 54.2. The Morgan fingerprint density at radius 3 is 2.62 bits per heavy atom. The molecular weight excluding hydrogens is 912 g/mol. The first-order valence-corrected chi connectivity index (χ1v) is 24.2. The van der Waals surface area contributed by atoms with Gasteiger partial charge in [-0.3, -0.25) is 0 Å². The maximum absolute atomic E-state index is 14.4. The summed E-state index contributed by atoms with van der Waals surface area (Å²) in [6.45, 7) is -0.0335. The molecule has 3 amide bonds. The summed E-state index contributed by atoms with van der Waals surface area (Å²) in [6, 6.07) is 3.03. The van der Waals surface area contributed by atoms with Crippen molar-refractivity contribution in [2.24, 2.45) is 5.92 Å². The van der Waals surface area contributed by atoms with Crippen molar-refractivity contribution in [3.05, 3.63) is 46.4 Å². The number of ether oxygens (including phenoxy) is 2. The van der Waals surface area contributed by atoms with Gasteiger partial charge in [-0.2, -0.15) is 13.2 Å². The standard InChI is InChI=1S/C36H40ClF3IN6O7S2/c1-41-45-23-9-7-5-3-4-6-8-19-16-35(19,34(50)46-56(51,52)21-10-11-21)44-31(48)25-14-20(17-47(25)33(23)49)54-27-15-24(32-43-28(18-55-32)36(38,39)40)42-30-22(27)12-13-26(53-2)29(30)37/h6,8,12-13,15,18-21,23,25,45H,3-5,7,9-11,14,16-17H2,1-2H3,(H,44,48)(H,46,50)/q-1/b8-6-/t19-,20-,23+,25+,35-/m1/s1. The van der Waals surface area contributed by atoms with Crippen LogP contribution in [0.4, 0.5) is 13.2 Å². The number of carbonyl (C=O) groups excluding carboxylic acids is 3. The summed E-state index contributed by atoms with van der Waals surface area (Å²) >= 11 is 6.88. The Kier molecular flexibility index (Phi) is 11.8. The van der Waals surface area contributed by atoms with Crippen LogP contribution in [0, 0.1) is 5.92 Å². The molecule has 0 spiro atoms. The number of hydrogen-bond acceptors (Lipinski definition) is 11. The third-order valence-corrected chi connectivity index (χ3v) is 14.9. The van der Waals surface area contributed by atoms with Gasteiger partial charge in [0.2, 0.25) is 0 Å². The van der Waals surface area contributed by atoms with Crippen LogP contribution in [0.2, 0.25) is 5.02 Å². The van der Waals surface area contributed by atoms with Crippen LogP contribution in [-0.2, 0) is 30.6 Å². The van der Waals surface area contributed by atoms with Gasteiger partial charge in [-0.05, 0) is 12.8 Å². The molecule has 2 aliphatic heterocycles. The number of amides is 3. The summed E-state index contributed by atoms with van der Waals surface area (Å²) < 4.78 is 83.7. The van der Waals surface area contributed by atoms with Crippen molar-refractivity contribution in [2.75, 3.05) is 18.6 Å². The SMILES string of the molecule is COc1ccc2c(O[C@@H]3C[C@H]4C(=O)N[C@]5(C(=O)NS(=O)(=O)C6CC6)C[C@H]5/C=C\CCCCC[C@H](N[I-]C)C(=O)N4C3)cc(-c3nc(C(F)(F)F)cs3)nc2c1Cl. The average Bonchev–Trinajstić information content (AvgIpc) is 4.02. The first-order valence-electron chi connectivity index (χ1n) is 18.1. The number of carbonyl (C=O) groups is 3. The zero-order valence-electron chi connectivity index (χ0n) is 30.3. The normalized spacial score (nSPS) is 26.8. The molecule has 304 valence electrons. The Morgan fingerprint density at radius 2 is 1.93 bits per heavy atom. The number of thiazole rings is 1. The maximum atomic E-state index is 14.4. The Bertz CT molecular complexity index is 2170. The molecule has 0 radical (unpaired) electrons. The molecule has 3 N–H and O–H groups in total. The summed E-state index contributed by atoms with van der Waals surface area (Å²) in [5.74, 6) is -1.74. The zero-order valence-corrected chi connectivity index (χ0v) is 34.9. The number of halogens is 5. The van der Waals surface area contributed by atoms with Gasteiger partial charge in [-0.15, -0.1) is 0 Å². The fourth-order valence-electron chi connectivity index (χ4n) is 7.22. The van der Waals surface area contributed by atoms with E-state index in [2.05, 4.69) is 23.5 Å². The molecule has 5 atom stereocenters. The van der Waals surface area contributed by atoms with Crippen LogP contribution in [-0.4, -0.2) is 88.6 Å². The fraction of sp³-hybridized carbons (Fsp3) is 0.528. The van der Waals surface area contributed by atoms with Crippen LogP contribution in [0.3, 0.4) is 0 Å². The topological polar surface area (TPSA) is 169 Å². The van der Waals surface area contributed by atoms with Crippen molar-refractivity contribution < 1.29 is 66.9 Å². The van der Waals surface area contributed by atoms with E-state index in [1.54, 1.807) is 12.1 Å². The van der Waals surface area contributed by atoms with Gasteiger partial charge in [-0.1, -0.05) is 0 Å². The minimum atomic E-state index is -4.67. The molecule has 13 nitrogen and oxygen atoms in total. The van der Waals surface area contributed by atoms with E-state index in [9.17, 15) is 36.0 Å². The monoisotopic (exact) mass is 951 g/mol. The van der Waals surface area contributed by atoms with E-state index < -0.39 is 90.1 Å². The van der Waals surface area contributed by atoms with Gasteiger partial charge in [0, 0.05) is 5.38 Å². The van der Waals surface area contributed by atoms with E-state index in [4.69, 9.17) is 21.1 Å². The van der Waals surface area contributed by atoms with E-state index in [1.807, 2.05) is 17.1 Å². The molecule has 20 heteroatoms. The quantitative estimate of drug-likeness (QED) is 0.125. The Morgan fingerprint density at radius 1 is 1.14 bits per heavy atom. The van der Waals surface area contributed by atoms with Crippen LogP contribution >= 0.6 is 22.9 Å². The summed E-state index contributed by atoms with van der Waals surface area (Å²) in [6.07, 6.45) is 3.17. The second-order valence-electron chi connectivity index (χ2n) is 14.4. The third-order valence-electron chi connectivity index (χ3n) is 10.5. The predicted octanol–water partition coefficient (Wildman–Crippen LogP) is 1.98. The Balaban J connectivity index is 1.23. The number of alkyl halides is 4. The van der Waals surface area contributed by atoms with E-state index >= 15 is 0 Å². The van der Waals surface area contributed by atoms with Crippen molar-refractivity contribution in [1.29, 1.82) is 0 Å². The Hall–Kier alpha value is -3.27. The molecule has 7 rings (SSSR count). The number of allylic oxidation sites excluding steroid dienone is 1. The minimum absolute atomic E-state index is 0.0114. The number of benzene rings is 1. The van der Waals surface area contributed by atoms with Crippen molar-refractivity contribution in [3.8, 4) is 22.2 Å². The summed E-state index contributed by atoms with van der Waals surface area (Å²) in [5.41, 5.74) is -2.36. The van der Waals surface area contributed by atoms with Gasteiger partial charge in [0.15, 0.2) is 5.69 Å². The Labute approximate surface area is 341 Å². The number of pyridine rings is 1. The molecule has 4 aliphatic rings. The predicted molar refractivity (Wildman–Crippen MR) is 198 cm³/mol. The fourth-order valence-corrected chi connectivity index (χ4v) is 11.0. The van der Waals surface area contributed by atoms with Crippen molar-refractivity contribution >= 4 is 61.6 Å². The van der Waals surface area contributed by atoms with E-state index in [0.29, 0.717) is 24.6 Å². The van der Waals surface area contributed by atoms with E-state index in [-0.39, 0.29) is 58.0 Å². The second-order valence-corrected chi connectivity index (χ2v) is 19.3. The molecule has 3 aromatic rings. The molecule has 2 aliphatic carbocycles. The summed E-state index contributed by atoms with van der Waals surface area (Å²) in [5, 5.41) is 3.57. The zero-order chi connectivity index (χ0) is 40.0. The molecule has 3 fully saturated rings. The molecule has 4 heterocycles. The molecule has 1 aromatic carbocycles. The van der Waals surface area contributed by atoms with Crippen molar-refractivity contribution in [3.63, 3.8) is 0 Å². The van der Waals surface area contributed by atoms with Gasteiger partial charge in [0.05, 0.1) is 7.11 Å². The van der Waals surface area contributed by atoms with Crippen LogP contribution in [0.25, 0.3) is 21.6 Å². The van der Waals surface area contributed by atoms with Crippen LogP contribution in [0.5, 0.6) is 11.5 Å². The molecule has 2 aromatic heterocycles. The van der Waals surface area contributed by atoms with Crippen molar-refractivity contribution in [1.82, 2.24) is 28.4 Å². The van der Waals surface area contributed by atoms with Gasteiger partial charge >= 0.3 is 294 Å². The van der Waals surface area contributed by atoms with Gasteiger partial charge in [0.25, 0.3) is 0 Å². The summed E-state index contributed by atoms with van der Waals surface area (Å²) in [7, 11) is -2.50. The number of rotatable bonds is 9. The number of fused-ring (bicyclic) bond motifs is 3.